The summed E-state index contributed by atoms with van der Waals surface area (Å²) in [5, 5.41) is 13.9. The number of benzene rings is 1. The van der Waals surface area contributed by atoms with Gasteiger partial charge in [-0.1, -0.05) is 58.1 Å². The SMILES string of the molecule is Cc1ccc(-c2cc(CSc3nnc(NCC(F)(F)F)s3)on2)cc1. The highest BCUT2D eigenvalue weighted by molar-refractivity contribution is 8.00. The predicted molar refractivity (Wildman–Crippen MR) is 90.7 cm³/mol. The number of thioether (sulfide) groups is 1. The monoisotopic (exact) mass is 386 g/mol. The van der Waals surface area contributed by atoms with Crippen molar-refractivity contribution in [3.8, 4) is 11.3 Å². The van der Waals surface area contributed by atoms with E-state index in [0.29, 0.717) is 15.9 Å². The van der Waals surface area contributed by atoms with E-state index in [2.05, 4.69) is 20.7 Å². The number of halogens is 3. The van der Waals surface area contributed by atoms with Gasteiger partial charge in [-0.05, 0) is 6.92 Å². The fourth-order valence-corrected chi connectivity index (χ4v) is 3.51. The molecule has 25 heavy (non-hydrogen) atoms. The van der Waals surface area contributed by atoms with Gasteiger partial charge in [-0.2, -0.15) is 13.2 Å². The molecule has 0 aliphatic rings. The molecule has 0 unspecified atom stereocenters. The number of nitrogens with zero attached hydrogens (tertiary/aromatic N) is 3. The van der Waals surface area contributed by atoms with Gasteiger partial charge in [0, 0.05) is 11.6 Å². The maximum Gasteiger partial charge on any atom is 0.405 e. The van der Waals surface area contributed by atoms with Crippen LogP contribution in [0.3, 0.4) is 0 Å². The summed E-state index contributed by atoms with van der Waals surface area (Å²) in [5.74, 6) is 1.12. The van der Waals surface area contributed by atoms with Gasteiger partial charge >= 0.3 is 6.18 Å². The smallest absolute Gasteiger partial charge is 0.360 e. The van der Waals surface area contributed by atoms with E-state index in [1.54, 1.807) is 0 Å². The first-order chi connectivity index (χ1) is 11.9. The molecule has 3 aromatic rings. The molecule has 1 N–H and O–H groups in total. The Balaban J connectivity index is 1.56. The van der Waals surface area contributed by atoms with Crippen molar-refractivity contribution in [2.75, 3.05) is 11.9 Å². The van der Waals surface area contributed by atoms with Gasteiger partial charge in [-0.15, -0.1) is 10.2 Å². The summed E-state index contributed by atoms with van der Waals surface area (Å²) < 4.78 is 42.3. The standard InChI is InChI=1S/C15H13F3N4OS2/c1-9-2-4-10(5-3-9)12-6-11(23-22-12)7-24-14-21-20-13(25-14)19-8-15(16,17)18/h2-6H,7-8H2,1H3,(H,19,20). The lowest BCUT2D eigenvalue weighted by Gasteiger charge is -2.05. The molecule has 10 heteroatoms. The Morgan fingerprint density at radius 2 is 1.96 bits per heavy atom. The van der Waals surface area contributed by atoms with E-state index >= 15 is 0 Å². The second-order valence-electron chi connectivity index (χ2n) is 5.18. The van der Waals surface area contributed by atoms with Gasteiger partial charge < -0.3 is 9.84 Å². The maximum absolute atomic E-state index is 12.2. The lowest BCUT2D eigenvalue weighted by atomic mass is 10.1. The number of nitrogens with one attached hydrogen (secondary N) is 1. The van der Waals surface area contributed by atoms with Gasteiger partial charge in [-0.25, -0.2) is 0 Å². The van der Waals surface area contributed by atoms with Gasteiger partial charge in [0.1, 0.15) is 18.0 Å². The largest absolute Gasteiger partial charge is 0.405 e. The van der Waals surface area contributed by atoms with E-state index in [9.17, 15) is 13.2 Å². The maximum atomic E-state index is 12.2. The quantitative estimate of drug-likeness (QED) is 0.616. The van der Waals surface area contributed by atoms with Crippen molar-refractivity contribution in [3.05, 3.63) is 41.7 Å². The Bertz CT molecular complexity index is 830. The number of anilines is 1. The van der Waals surface area contributed by atoms with Crippen LogP contribution in [0, 0.1) is 6.92 Å². The van der Waals surface area contributed by atoms with E-state index in [4.69, 9.17) is 4.52 Å². The average Bonchev–Trinajstić information content (AvgIpc) is 3.20. The molecule has 5 nitrogen and oxygen atoms in total. The number of alkyl halides is 3. The number of hydrogen-bond donors (Lipinski definition) is 1. The molecule has 0 radical (unpaired) electrons. The first kappa shape index (κ1) is 17.7. The topological polar surface area (TPSA) is 63.8 Å². The number of aromatic nitrogens is 3. The molecule has 0 saturated carbocycles. The Morgan fingerprint density at radius 1 is 1.20 bits per heavy atom. The fourth-order valence-electron chi connectivity index (χ4n) is 1.89. The Labute approximate surface area is 149 Å². The Hall–Kier alpha value is -2.07. The van der Waals surface area contributed by atoms with Crippen molar-refractivity contribution in [1.82, 2.24) is 15.4 Å². The van der Waals surface area contributed by atoms with E-state index in [0.717, 1.165) is 28.2 Å². The van der Waals surface area contributed by atoms with Gasteiger partial charge in [0.15, 0.2) is 4.34 Å². The second kappa shape index (κ2) is 7.44. The lowest BCUT2D eigenvalue weighted by Crippen LogP contribution is -2.21. The van der Waals surface area contributed by atoms with Gasteiger partial charge in [0.25, 0.3) is 0 Å². The van der Waals surface area contributed by atoms with Crippen molar-refractivity contribution in [3.63, 3.8) is 0 Å². The van der Waals surface area contributed by atoms with Gasteiger partial charge in [0.2, 0.25) is 5.13 Å². The van der Waals surface area contributed by atoms with Crippen LogP contribution in [0.25, 0.3) is 11.3 Å². The van der Waals surface area contributed by atoms with E-state index in [-0.39, 0.29) is 5.13 Å². The van der Waals surface area contributed by atoms with E-state index in [1.807, 2.05) is 37.3 Å². The molecule has 0 spiro atoms. The van der Waals surface area contributed by atoms with Crippen LogP contribution in [-0.4, -0.2) is 28.1 Å². The molecule has 2 heterocycles. The zero-order valence-electron chi connectivity index (χ0n) is 13.0. The van der Waals surface area contributed by atoms with Crippen molar-refractivity contribution in [2.45, 2.75) is 23.2 Å². The highest BCUT2D eigenvalue weighted by atomic mass is 32.2. The van der Waals surface area contributed by atoms with Gasteiger partial charge in [-0.3, -0.25) is 0 Å². The summed E-state index contributed by atoms with van der Waals surface area (Å²) in [6, 6.07) is 9.76. The molecule has 0 bridgehead atoms. The fraction of sp³-hybridized carbons (Fsp3) is 0.267. The summed E-state index contributed by atoms with van der Waals surface area (Å²) in [7, 11) is 0. The summed E-state index contributed by atoms with van der Waals surface area (Å²) in [5.41, 5.74) is 2.86. The molecule has 0 fully saturated rings. The molecule has 1 aromatic carbocycles. The molecule has 0 aliphatic carbocycles. The van der Waals surface area contributed by atoms with Crippen LogP contribution in [0.2, 0.25) is 0 Å². The van der Waals surface area contributed by atoms with Crippen molar-refractivity contribution >= 4 is 28.2 Å². The molecule has 2 aromatic heterocycles. The molecular formula is C15H13F3N4OS2. The summed E-state index contributed by atoms with van der Waals surface area (Å²) >= 11 is 2.39. The normalized spacial score (nSPS) is 11.7. The molecule has 0 atom stereocenters. The number of hydrogen-bond acceptors (Lipinski definition) is 7. The highest BCUT2D eigenvalue weighted by Crippen LogP contribution is 2.30. The van der Waals surface area contributed by atoms with Crippen LogP contribution in [-0.2, 0) is 5.75 Å². The highest BCUT2D eigenvalue weighted by Gasteiger charge is 2.27. The van der Waals surface area contributed by atoms with E-state index < -0.39 is 12.7 Å². The minimum absolute atomic E-state index is 0.137. The third kappa shape index (κ3) is 5.20. The van der Waals surface area contributed by atoms with Crippen molar-refractivity contribution in [1.29, 1.82) is 0 Å². The lowest BCUT2D eigenvalue weighted by molar-refractivity contribution is -0.115. The van der Waals surface area contributed by atoms with Crippen molar-refractivity contribution in [2.24, 2.45) is 0 Å². The van der Waals surface area contributed by atoms with Crippen LogP contribution in [0.1, 0.15) is 11.3 Å². The zero-order valence-corrected chi connectivity index (χ0v) is 14.6. The van der Waals surface area contributed by atoms with Crippen LogP contribution >= 0.6 is 23.1 Å². The molecule has 0 amide bonds. The first-order valence-electron chi connectivity index (χ1n) is 7.18. The molecule has 132 valence electrons. The average molecular weight is 386 g/mol. The Kier molecular flexibility index (Phi) is 5.28. The second-order valence-corrected chi connectivity index (χ2v) is 7.38. The number of aryl methyl sites for hydroxylation is 1. The summed E-state index contributed by atoms with van der Waals surface area (Å²) in [6.45, 7) is 0.878. The van der Waals surface area contributed by atoms with Gasteiger partial charge in [0.05, 0.1) is 5.75 Å². The molecule has 0 aliphatic heterocycles. The minimum Gasteiger partial charge on any atom is -0.360 e. The summed E-state index contributed by atoms with van der Waals surface area (Å²) in [4.78, 5) is 0. The third-order valence-electron chi connectivity index (χ3n) is 3.09. The minimum atomic E-state index is -4.29. The zero-order chi connectivity index (χ0) is 17.9. The summed E-state index contributed by atoms with van der Waals surface area (Å²) in [6.07, 6.45) is -4.29. The van der Waals surface area contributed by atoms with Crippen LogP contribution < -0.4 is 5.32 Å². The first-order valence-corrected chi connectivity index (χ1v) is 8.99. The van der Waals surface area contributed by atoms with Crippen molar-refractivity contribution < 1.29 is 17.7 Å². The van der Waals surface area contributed by atoms with Crippen LogP contribution in [0.15, 0.2) is 39.2 Å². The number of rotatable bonds is 6. The Morgan fingerprint density at radius 3 is 2.68 bits per heavy atom. The van der Waals surface area contributed by atoms with E-state index in [1.165, 1.54) is 11.8 Å². The van der Waals surface area contributed by atoms with Crippen LogP contribution in [0.4, 0.5) is 18.3 Å². The third-order valence-corrected chi connectivity index (χ3v) is 5.13. The molecule has 3 rings (SSSR count). The molecule has 0 saturated heterocycles. The van der Waals surface area contributed by atoms with Crippen LogP contribution in [0.5, 0.6) is 0 Å². The predicted octanol–water partition coefficient (Wildman–Crippen LogP) is 4.77. The molecular weight excluding hydrogens is 373 g/mol.